The van der Waals surface area contributed by atoms with Crippen molar-refractivity contribution in [1.82, 2.24) is 0 Å². The fourth-order valence-electron chi connectivity index (χ4n) is 2.65. The van der Waals surface area contributed by atoms with Crippen molar-refractivity contribution in [2.45, 2.75) is 0 Å². The Bertz CT molecular complexity index is 1090. The Labute approximate surface area is 173 Å². The monoisotopic (exact) mass is 401 g/mol. The molecular formula is C23H19N3O4. The summed E-state index contributed by atoms with van der Waals surface area (Å²) in [7, 11) is 1.53. The van der Waals surface area contributed by atoms with Gasteiger partial charge in [-0.25, -0.2) is 0 Å². The first-order valence-electron chi connectivity index (χ1n) is 9.06. The highest BCUT2D eigenvalue weighted by molar-refractivity contribution is 6.05. The average molecular weight is 401 g/mol. The van der Waals surface area contributed by atoms with Gasteiger partial charge < -0.3 is 20.1 Å². The highest BCUT2D eigenvalue weighted by atomic mass is 16.5. The number of benzene rings is 3. The molecule has 0 aliphatic rings. The molecule has 0 saturated heterocycles. The third-order valence-electron chi connectivity index (χ3n) is 4.12. The van der Waals surface area contributed by atoms with Gasteiger partial charge in [0.15, 0.2) is 6.61 Å². The van der Waals surface area contributed by atoms with Crippen LogP contribution in [0.2, 0.25) is 0 Å². The number of carbonyl (C=O) groups is 2. The van der Waals surface area contributed by atoms with E-state index < -0.39 is 0 Å². The molecule has 3 rings (SSSR count). The lowest BCUT2D eigenvalue weighted by Gasteiger charge is -2.11. The van der Waals surface area contributed by atoms with Crippen LogP contribution in [-0.4, -0.2) is 25.5 Å². The molecule has 150 valence electrons. The Balaban J connectivity index is 1.55. The normalized spacial score (nSPS) is 9.87. The van der Waals surface area contributed by atoms with Gasteiger partial charge in [0.25, 0.3) is 11.8 Å². The predicted molar refractivity (Wildman–Crippen MR) is 113 cm³/mol. The van der Waals surface area contributed by atoms with Crippen molar-refractivity contribution < 1.29 is 19.1 Å². The molecule has 3 aromatic carbocycles. The van der Waals surface area contributed by atoms with Crippen LogP contribution in [0.3, 0.4) is 0 Å². The number of rotatable bonds is 7. The van der Waals surface area contributed by atoms with Gasteiger partial charge in [-0.2, -0.15) is 5.26 Å². The molecule has 0 radical (unpaired) electrons. The fraction of sp³-hybridized carbons (Fsp3) is 0.0870. The summed E-state index contributed by atoms with van der Waals surface area (Å²) in [4.78, 5) is 24.5. The molecule has 0 bridgehead atoms. The van der Waals surface area contributed by atoms with Crippen molar-refractivity contribution in [2.24, 2.45) is 0 Å². The van der Waals surface area contributed by atoms with E-state index in [1.165, 1.54) is 7.11 Å². The number of ether oxygens (including phenoxy) is 2. The number of nitriles is 1. The first-order chi connectivity index (χ1) is 14.6. The lowest BCUT2D eigenvalue weighted by Crippen LogP contribution is -2.20. The second-order valence-corrected chi connectivity index (χ2v) is 6.21. The number of anilines is 2. The number of hydrogen-bond donors (Lipinski definition) is 2. The van der Waals surface area contributed by atoms with Crippen LogP contribution in [0.4, 0.5) is 11.4 Å². The van der Waals surface area contributed by atoms with E-state index in [4.69, 9.17) is 14.7 Å². The molecule has 0 spiro atoms. The molecule has 0 fully saturated rings. The number of amides is 2. The molecule has 0 saturated carbocycles. The molecule has 0 aliphatic carbocycles. The van der Waals surface area contributed by atoms with Crippen LogP contribution in [0.15, 0.2) is 72.8 Å². The van der Waals surface area contributed by atoms with Crippen LogP contribution in [0, 0.1) is 11.3 Å². The molecule has 7 nitrogen and oxygen atoms in total. The van der Waals surface area contributed by atoms with Crippen LogP contribution in [0.1, 0.15) is 15.9 Å². The molecule has 0 atom stereocenters. The Morgan fingerprint density at radius 1 is 0.967 bits per heavy atom. The molecule has 0 unspecified atom stereocenters. The quantitative estimate of drug-likeness (QED) is 0.627. The molecule has 30 heavy (non-hydrogen) atoms. The van der Waals surface area contributed by atoms with Crippen LogP contribution in [0.25, 0.3) is 0 Å². The summed E-state index contributed by atoms with van der Waals surface area (Å²) >= 11 is 0. The van der Waals surface area contributed by atoms with Gasteiger partial charge in [0.1, 0.15) is 11.5 Å². The number of nitrogens with zero attached hydrogens (tertiary/aromatic N) is 1. The summed E-state index contributed by atoms with van der Waals surface area (Å²) < 4.78 is 10.6. The second kappa shape index (κ2) is 9.75. The molecule has 2 amide bonds. The van der Waals surface area contributed by atoms with Crippen molar-refractivity contribution in [1.29, 1.82) is 5.26 Å². The predicted octanol–water partition coefficient (Wildman–Crippen LogP) is 3.84. The van der Waals surface area contributed by atoms with Gasteiger partial charge >= 0.3 is 0 Å². The van der Waals surface area contributed by atoms with Crippen molar-refractivity contribution >= 4 is 23.2 Å². The van der Waals surface area contributed by atoms with Crippen molar-refractivity contribution in [2.75, 3.05) is 24.4 Å². The van der Waals surface area contributed by atoms with E-state index in [1.807, 2.05) is 12.1 Å². The average Bonchev–Trinajstić information content (AvgIpc) is 2.78. The maximum Gasteiger partial charge on any atom is 0.262 e. The first kappa shape index (κ1) is 20.4. The molecule has 0 heterocycles. The maximum absolute atomic E-state index is 12.4. The molecule has 3 aromatic rings. The zero-order valence-corrected chi connectivity index (χ0v) is 16.2. The summed E-state index contributed by atoms with van der Waals surface area (Å²) in [6.07, 6.45) is 0. The van der Waals surface area contributed by atoms with Gasteiger partial charge in [0.2, 0.25) is 0 Å². The molecule has 2 N–H and O–H groups in total. The lowest BCUT2D eigenvalue weighted by molar-refractivity contribution is -0.118. The molecule has 0 aliphatic heterocycles. The van der Waals surface area contributed by atoms with Crippen LogP contribution in [-0.2, 0) is 4.79 Å². The number of hydrogen-bond acceptors (Lipinski definition) is 5. The second-order valence-electron chi connectivity index (χ2n) is 6.21. The van der Waals surface area contributed by atoms with Crippen molar-refractivity contribution in [3.05, 3.63) is 83.9 Å². The van der Waals surface area contributed by atoms with Crippen LogP contribution in [0.5, 0.6) is 11.5 Å². The van der Waals surface area contributed by atoms with Gasteiger partial charge in [-0.1, -0.05) is 18.2 Å². The summed E-state index contributed by atoms with van der Waals surface area (Å²) in [5, 5.41) is 14.4. The van der Waals surface area contributed by atoms with Gasteiger partial charge in [-0.05, 0) is 54.6 Å². The number of para-hydroxylation sites is 2. The maximum atomic E-state index is 12.4. The third kappa shape index (κ3) is 5.36. The van der Waals surface area contributed by atoms with E-state index in [2.05, 4.69) is 10.6 Å². The van der Waals surface area contributed by atoms with Gasteiger partial charge in [-0.3, -0.25) is 9.59 Å². The minimum Gasteiger partial charge on any atom is -0.495 e. The number of carbonyl (C=O) groups excluding carboxylic acids is 2. The van der Waals surface area contributed by atoms with Crippen molar-refractivity contribution in [3.8, 4) is 17.6 Å². The Morgan fingerprint density at radius 2 is 1.73 bits per heavy atom. The Hall–Kier alpha value is -4.31. The minimum absolute atomic E-state index is 0.203. The van der Waals surface area contributed by atoms with Crippen LogP contribution < -0.4 is 20.1 Å². The fourth-order valence-corrected chi connectivity index (χ4v) is 2.65. The zero-order valence-electron chi connectivity index (χ0n) is 16.2. The third-order valence-corrected chi connectivity index (χ3v) is 4.12. The molecule has 7 heteroatoms. The summed E-state index contributed by atoms with van der Waals surface area (Å²) in [6, 6.07) is 22.2. The summed E-state index contributed by atoms with van der Waals surface area (Å²) in [5.41, 5.74) is 1.99. The number of methoxy groups -OCH3 is 1. The topological polar surface area (TPSA) is 100 Å². The zero-order chi connectivity index (χ0) is 21.3. The Morgan fingerprint density at radius 3 is 2.47 bits per heavy atom. The standard InChI is InChI=1S/C23H19N3O4/c1-29-21-8-3-2-7-20(21)26-23(28)17-9-11-18(12-10-17)25-22(27)15-30-19-6-4-5-16(13-19)14-24/h2-13H,15H2,1H3,(H,25,27)(H,26,28). The van der Waals surface area contributed by atoms with E-state index in [1.54, 1.807) is 66.7 Å². The summed E-state index contributed by atoms with van der Waals surface area (Å²) in [6.45, 7) is -0.203. The van der Waals surface area contributed by atoms with E-state index in [0.717, 1.165) is 0 Å². The molecule has 0 aromatic heterocycles. The SMILES string of the molecule is COc1ccccc1NC(=O)c1ccc(NC(=O)COc2cccc(C#N)c2)cc1. The number of nitrogens with one attached hydrogen (secondary N) is 2. The molecular weight excluding hydrogens is 382 g/mol. The highest BCUT2D eigenvalue weighted by Crippen LogP contribution is 2.24. The summed E-state index contributed by atoms with van der Waals surface area (Å²) in [5.74, 6) is 0.351. The highest BCUT2D eigenvalue weighted by Gasteiger charge is 2.10. The largest absolute Gasteiger partial charge is 0.495 e. The van der Waals surface area contributed by atoms with E-state index in [9.17, 15) is 9.59 Å². The first-order valence-corrected chi connectivity index (χ1v) is 9.06. The van der Waals surface area contributed by atoms with E-state index in [0.29, 0.717) is 34.0 Å². The van der Waals surface area contributed by atoms with Gasteiger partial charge in [0, 0.05) is 11.3 Å². The Kier molecular flexibility index (Phi) is 6.64. The minimum atomic E-state index is -0.358. The smallest absolute Gasteiger partial charge is 0.262 e. The van der Waals surface area contributed by atoms with Crippen LogP contribution >= 0.6 is 0 Å². The lowest BCUT2D eigenvalue weighted by atomic mass is 10.2. The van der Waals surface area contributed by atoms with Gasteiger partial charge in [0.05, 0.1) is 24.4 Å². The van der Waals surface area contributed by atoms with E-state index in [-0.39, 0.29) is 18.4 Å². The van der Waals surface area contributed by atoms with Gasteiger partial charge in [-0.15, -0.1) is 0 Å². The van der Waals surface area contributed by atoms with E-state index >= 15 is 0 Å². The van der Waals surface area contributed by atoms with Crippen molar-refractivity contribution in [3.63, 3.8) is 0 Å².